The molecule has 0 saturated carbocycles. The van der Waals surface area contributed by atoms with Crippen LogP contribution >= 0.6 is 11.9 Å². The summed E-state index contributed by atoms with van der Waals surface area (Å²) in [4.78, 5) is 0. The molecular weight excluding hydrogens is 350 g/mol. The van der Waals surface area contributed by atoms with Gasteiger partial charge >= 0.3 is 0 Å². The minimum atomic E-state index is 0.472. The van der Waals surface area contributed by atoms with Crippen molar-refractivity contribution in [1.29, 1.82) is 5.26 Å². The molecule has 0 bridgehead atoms. The standard InChI is InChI=1S/C21H23N3S.C2H6/c1-15(2)25-23-14-16(3)18-5-7-20(8-6-18)24-11-10-19-12-17(13-22)4-9-21(19)24;1-2/h4-12,15-16,23H,14H2,1-3H3;1-2H3. The van der Waals surface area contributed by atoms with Crippen LogP contribution in [0.3, 0.4) is 0 Å². The maximum Gasteiger partial charge on any atom is 0.0991 e. The number of nitrogens with one attached hydrogen (secondary N) is 1. The number of hydrogen-bond donors (Lipinski definition) is 1. The molecule has 1 aromatic heterocycles. The summed E-state index contributed by atoms with van der Waals surface area (Å²) in [6, 6.07) is 18.8. The van der Waals surface area contributed by atoms with E-state index in [2.05, 4.69) is 72.7 Å². The van der Waals surface area contributed by atoms with E-state index in [1.807, 2.05) is 32.0 Å². The van der Waals surface area contributed by atoms with Crippen LogP contribution in [-0.4, -0.2) is 16.4 Å². The normalized spacial score (nSPS) is 11.7. The number of hydrogen-bond acceptors (Lipinski definition) is 3. The Morgan fingerprint density at radius 1 is 1.04 bits per heavy atom. The van der Waals surface area contributed by atoms with Crippen LogP contribution in [0.1, 0.15) is 51.7 Å². The summed E-state index contributed by atoms with van der Waals surface area (Å²) in [5.74, 6) is 0.472. The van der Waals surface area contributed by atoms with E-state index >= 15 is 0 Å². The van der Waals surface area contributed by atoms with Gasteiger partial charge < -0.3 is 4.57 Å². The Labute approximate surface area is 167 Å². The molecule has 4 heteroatoms. The van der Waals surface area contributed by atoms with Gasteiger partial charge in [0.05, 0.1) is 17.1 Å². The van der Waals surface area contributed by atoms with Crippen LogP contribution in [0.2, 0.25) is 0 Å². The van der Waals surface area contributed by atoms with E-state index in [0.29, 0.717) is 16.7 Å². The highest BCUT2D eigenvalue weighted by molar-refractivity contribution is 7.97. The third-order valence-electron chi connectivity index (χ3n) is 4.27. The summed E-state index contributed by atoms with van der Waals surface area (Å²) < 4.78 is 5.61. The number of nitriles is 1. The second-order valence-corrected chi connectivity index (χ2v) is 8.05. The molecule has 1 N–H and O–H groups in total. The maximum absolute atomic E-state index is 9.03. The zero-order chi connectivity index (χ0) is 19.8. The lowest BCUT2D eigenvalue weighted by Gasteiger charge is -2.15. The molecule has 3 rings (SSSR count). The fourth-order valence-corrected chi connectivity index (χ4v) is 3.54. The first kappa shape index (κ1) is 21.1. The average molecular weight is 380 g/mol. The highest BCUT2D eigenvalue weighted by Gasteiger charge is 2.08. The Bertz CT molecular complexity index is 888. The van der Waals surface area contributed by atoms with Crippen molar-refractivity contribution in [2.75, 3.05) is 6.54 Å². The lowest BCUT2D eigenvalue weighted by molar-refractivity contribution is 0.739. The van der Waals surface area contributed by atoms with Crippen molar-refractivity contribution >= 4 is 22.9 Å². The fraction of sp³-hybridized carbons (Fsp3) is 0.348. The molecule has 1 heterocycles. The highest BCUT2D eigenvalue weighted by atomic mass is 32.2. The third kappa shape index (κ3) is 5.38. The molecule has 0 aliphatic carbocycles. The van der Waals surface area contributed by atoms with Crippen molar-refractivity contribution in [2.24, 2.45) is 0 Å². The van der Waals surface area contributed by atoms with Crippen LogP contribution in [0.5, 0.6) is 0 Å². The van der Waals surface area contributed by atoms with Gasteiger partial charge in [-0.05, 0) is 47.9 Å². The molecule has 27 heavy (non-hydrogen) atoms. The molecule has 3 nitrogen and oxygen atoms in total. The zero-order valence-corrected chi connectivity index (χ0v) is 17.7. The summed E-state index contributed by atoms with van der Waals surface area (Å²) >= 11 is 1.78. The lowest BCUT2D eigenvalue weighted by Crippen LogP contribution is -2.15. The van der Waals surface area contributed by atoms with Gasteiger partial charge in [0.2, 0.25) is 0 Å². The average Bonchev–Trinajstić information content (AvgIpc) is 3.12. The molecule has 0 radical (unpaired) electrons. The van der Waals surface area contributed by atoms with E-state index in [1.165, 1.54) is 5.56 Å². The van der Waals surface area contributed by atoms with Crippen LogP contribution in [0.25, 0.3) is 16.6 Å². The molecule has 2 aromatic carbocycles. The zero-order valence-electron chi connectivity index (χ0n) is 16.9. The van der Waals surface area contributed by atoms with Gasteiger partial charge in [0.15, 0.2) is 0 Å². The molecular formula is C23H29N3S. The van der Waals surface area contributed by atoms with Gasteiger partial charge in [-0.1, -0.05) is 58.7 Å². The minimum Gasteiger partial charge on any atom is -0.317 e. The predicted octanol–water partition coefficient (Wildman–Crippen LogP) is 6.28. The topological polar surface area (TPSA) is 40.8 Å². The van der Waals surface area contributed by atoms with Gasteiger partial charge in [-0.2, -0.15) is 5.26 Å². The minimum absolute atomic E-state index is 0.472. The number of nitrogens with zero attached hydrogens (tertiary/aromatic N) is 2. The number of rotatable bonds is 6. The van der Waals surface area contributed by atoms with Gasteiger partial charge in [-0.15, -0.1) is 0 Å². The largest absolute Gasteiger partial charge is 0.317 e. The smallest absolute Gasteiger partial charge is 0.0991 e. The Kier molecular flexibility index (Phi) is 7.97. The Morgan fingerprint density at radius 2 is 1.74 bits per heavy atom. The molecule has 0 aliphatic rings. The van der Waals surface area contributed by atoms with Gasteiger partial charge in [0.1, 0.15) is 0 Å². The Morgan fingerprint density at radius 3 is 2.37 bits per heavy atom. The molecule has 1 atom stereocenters. The Hall–Kier alpha value is -2.22. The van der Waals surface area contributed by atoms with Crippen LogP contribution < -0.4 is 4.72 Å². The van der Waals surface area contributed by atoms with Crippen LogP contribution in [0.15, 0.2) is 54.7 Å². The fourth-order valence-electron chi connectivity index (χ4n) is 2.86. The lowest BCUT2D eigenvalue weighted by atomic mass is 10.0. The molecule has 3 aromatic rings. The molecule has 0 spiro atoms. The first-order chi connectivity index (χ1) is 13.1. The SMILES string of the molecule is CC.CC(C)SNCC(C)c1ccc(-n2ccc3cc(C#N)ccc32)cc1. The monoisotopic (exact) mass is 379 g/mol. The third-order valence-corrected chi connectivity index (χ3v) is 5.07. The van der Waals surface area contributed by atoms with Crippen molar-refractivity contribution in [3.8, 4) is 11.8 Å². The van der Waals surface area contributed by atoms with E-state index in [9.17, 15) is 0 Å². The summed E-state index contributed by atoms with van der Waals surface area (Å²) in [6.45, 7) is 11.6. The molecule has 142 valence electrons. The van der Waals surface area contributed by atoms with Crippen LogP contribution in [0, 0.1) is 11.3 Å². The van der Waals surface area contributed by atoms with Gasteiger partial charge in [-0.25, -0.2) is 0 Å². The summed E-state index contributed by atoms with van der Waals surface area (Å²) in [6.07, 6.45) is 2.06. The van der Waals surface area contributed by atoms with Crippen LogP contribution in [0.4, 0.5) is 0 Å². The predicted molar refractivity (Wildman–Crippen MR) is 118 cm³/mol. The van der Waals surface area contributed by atoms with E-state index in [-0.39, 0.29) is 0 Å². The van der Waals surface area contributed by atoms with Crippen molar-refractivity contribution < 1.29 is 0 Å². The van der Waals surface area contributed by atoms with Gasteiger partial charge in [-0.3, -0.25) is 4.72 Å². The first-order valence-electron chi connectivity index (χ1n) is 9.58. The quantitative estimate of drug-likeness (QED) is 0.513. The van der Waals surface area contributed by atoms with Crippen LogP contribution in [-0.2, 0) is 0 Å². The maximum atomic E-state index is 9.03. The first-order valence-corrected chi connectivity index (χ1v) is 10.5. The van der Waals surface area contributed by atoms with E-state index in [0.717, 1.165) is 23.1 Å². The van der Waals surface area contributed by atoms with Crippen molar-refractivity contribution in [3.05, 3.63) is 65.9 Å². The molecule has 1 unspecified atom stereocenters. The van der Waals surface area contributed by atoms with E-state index in [1.54, 1.807) is 11.9 Å². The molecule has 0 amide bonds. The van der Waals surface area contributed by atoms with E-state index < -0.39 is 0 Å². The molecule has 0 fully saturated rings. The number of aromatic nitrogens is 1. The second kappa shape index (κ2) is 10.2. The number of benzene rings is 2. The van der Waals surface area contributed by atoms with Crippen molar-refractivity contribution in [3.63, 3.8) is 0 Å². The Balaban J connectivity index is 0.00000126. The van der Waals surface area contributed by atoms with E-state index in [4.69, 9.17) is 5.26 Å². The van der Waals surface area contributed by atoms with Crippen molar-refractivity contribution in [1.82, 2.24) is 9.29 Å². The highest BCUT2D eigenvalue weighted by Crippen LogP contribution is 2.23. The summed E-state index contributed by atoms with van der Waals surface area (Å²) in [5.41, 5.74) is 4.29. The van der Waals surface area contributed by atoms with Gasteiger partial charge in [0.25, 0.3) is 0 Å². The molecule has 0 saturated heterocycles. The van der Waals surface area contributed by atoms with Gasteiger partial charge in [0, 0.05) is 29.1 Å². The number of fused-ring (bicyclic) bond motifs is 1. The summed E-state index contributed by atoms with van der Waals surface area (Å²) in [5, 5.41) is 10.7. The summed E-state index contributed by atoms with van der Waals surface area (Å²) in [7, 11) is 0. The molecule has 0 aliphatic heterocycles. The van der Waals surface area contributed by atoms with Crippen molar-refractivity contribution in [2.45, 2.75) is 45.8 Å². The second-order valence-electron chi connectivity index (χ2n) is 6.58.